The van der Waals surface area contributed by atoms with E-state index in [1.54, 1.807) is 54.7 Å². The summed E-state index contributed by atoms with van der Waals surface area (Å²) in [6, 6.07) is 9.59. The van der Waals surface area contributed by atoms with Gasteiger partial charge in [0.05, 0.1) is 26.5 Å². The average molecular weight is 484 g/mol. The topological polar surface area (TPSA) is 101 Å². The van der Waals surface area contributed by atoms with E-state index >= 15 is 0 Å². The molecule has 0 aliphatic carbocycles. The van der Waals surface area contributed by atoms with E-state index in [4.69, 9.17) is 13.9 Å². The van der Waals surface area contributed by atoms with Gasteiger partial charge in [0.2, 0.25) is 11.8 Å². The van der Waals surface area contributed by atoms with Gasteiger partial charge in [-0.05, 0) is 36.2 Å². The zero-order valence-electron chi connectivity index (χ0n) is 20.5. The van der Waals surface area contributed by atoms with Gasteiger partial charge >= 0.3 is 0 Å². The van der Waals surface area contributed by atoms with Crippen LogP contribution in [-0.4, -0.2) is 66.1 Å². The Morgan fingerprint density at radius 3 is 2.60 bits per heavy atom. The van der Waals surface area contributed by atoms with E-state index in [0.717, 1.165) is 0 Å². The van der Waals surface area contributed by atoms with Gasteiger partial charge in [-0.25, -0.2) is 0 Å². The summed E-state index contributed by atoms with van der Waals surface area (Å²) in [5.41, 5.74) is -0.544. The van der Waals surface area contributed by atoms with Crippen molar-refractivity contribution < 1.29 is 28.3 Å². The first-order chi connectivity index (χ1) is 16.8. The molecular weight excluding hydrogens is 450 g/mol. The fourth-order valence-corrected chi connectivity index (χ4v) is 4.75. The molecule has 2 saturated heterocycles. The summed E-state index contributed by atoms with van der Waals surface area (Å²) in [5.74, 6) is 0.933. The summed E-state index contributed by atoms with van der Waals surface area (Å²) in [7, 11) is 1.54. The van der Waals surface area contributed by atoms with E-state index in [2.05, 4.69) is 5.32 Å². The third kappa shape index (κ3) is 5.35. The molecule has 2 aliphatic heterocycles. The highest BCUT2D eigenvalue weighted by Crippen LogP contribution is 2.39. The number of methoxy groups -OCH3 is 1. The lowest BCUT2D eigenvalue weighted by atomic mass is 9.96. The number of piperidine rings is 1. The van der Waals surface area contributed by atoms with Crippen molar-refractivity contribution in [3.05, 3.63) is 54.0 Å². The van der Waals surface area contributed by atoms with Gasteiger partial charge in [0.15, 0.2) is 0 Å². The van der Waals surface area contributed by atoms with Crippen molar-refractivity contribution in [1.82, 2.24) is 15.1 Å². The van der Waals surface area contributed by atoms with Crippen LogP contribution in [0.4, 0.5) is 0 Å². The molecule has 2 fully saturated rings. The van der Waals surface area contributed by atoms with Crippen molar-refractivity contribution in [2.45, 2.75) is 51.4 Å². The Morgan fingerprint density at radius 1 is 1.17 bits per heavy atom. The maximum absolute atomic E-state index is 13.8. The minimum Gasteiger partial charge on any atom is -0.497 e. The quantitative estimate of drug-likeness (QED) is 0.650. The first-order valence-corrected chi connectivity index (χ1v) is 12.0. The zero-order chi connectivity index (χ0) is 25.0. The van der Waals surface area contributed by atoms with E-state index in [1.165, 1.54) is 0 Å². The van der Waals surface area contributed by atoms with Gasteiger partial charge in [-0.1, -0.05) is 19.9 Å². The SMILES string of the molecule is COc1cccc(C(=O)N2C(C(=O)NCc3ccco3)COC23CCN(C(=O)CC(C)C)CC3)c1. The molecule has 9 nitrogen and oxygen atoms in total. The number of hydrogen-bond donors (Lipinski definition) is 1. The normalized spacial score (nSPS) is 19.3. The number of carbonyl (C=O) groups is 3. The van der Waals surface area contributed by atoms with Crippen LogP contribution in [-0.2, 0) is 20.9 Å². The Labute approximate surface area is 205 Å². The number of rotatable bonds is 7. The number of ether oxygens (including phenoxy) is 2. The fraction of sp³-hybridized carbons (Fsp3) is 0.500. The lowest BCUT2D eigenvalue weighted by Crippen LogP contribution is -2.59. The maximum Gasteiger partial charge on any atom is 0.257 e. The minimum atomic E-state index is -0.957. The highest BCUT2D eigenvalue weighted by atomic mass is 16.5. The maximum atomic E-state index is 13.8. The summed E-state index contributed by atoms with van der Waals surface area (Å²) in [6.07, 6.45) is 2.91. The van der Waals surface area contributed by atoms with Gasteiger partial charge in [-0.15, -0.1) is 0 Å². The van der Waals surface area contributed by atoms with Crippen molar-refractivity contribution in [2.75, 3.05) is 26.8 Å². The smallest absolute Gasteiger partial charge is 0.257 e. The highest BCUT2D eigenvalue weighted by molar-refractivity contribution is 5.98. The molecule has 1 spiro atoms. The van der Waals surface area contributed by atoms with Crippen molar-refractivity contribution in [3.63, 3.8) is 0 Å². The van der Waals surface area contributed by atoms with Crippen molar-refractivity contribution in [2.24, 2.45) is 5.92 Å². The molecule has 3 heterocycles. The molecule has 1 aromatic heterocycles. The van der Waals surface area contributed by atoms with Gasteiger partial charge < -0.3 is 24.1 Å². The van der Waals surface area contributed by atoms with E-state index in [9.17, 15) is 14.4 Å². The minimum absolute atomic E-state index is 0.0830. The molecule has 3 amide bonds. The number of nitrogens with one attached hydrogen (secondary N) is 1. The second-order valence-corrected chi connectivity index (χ2v) is 9.46. The van der Waals surface area contributed by atoms with Crippen molar-refractivity contribution in [1.29, 1.82) is 0 Å². The summed E-state index contributed by atoms with van der Waals surface area (Å²) < 4.78 is 16.8. The van der Waals surface area contributed by atoms with Crippen LogP contribution in [0.2, 0.25) is 0 Å². The molecule has 1 N–H and O–H groups in total. The second-order valence-electron chi connectivity index (χ2n) is 9.46. The Balaban J connectivity index is 1.56. The Hall–Kier alpha value is -3.33. The Morgan fingerprint density at radius 2 is 1.94 bits per heavy atom. The van der Waals surface area contributed by atoms with E-state index in [0.29, 0.717) is 49.4 Å². The third-order valence-electron chi connectivity index (χ3n) is 6.60. The van der Waals surface area contributed by atoms with Crippen LogP contribution in [0.5, 0.6) is 5.75 Å². The lowest BCUT2D eigenvalue weighted by Gasteiger charge is -2.44. The van der Waals surface area contributed by atoms with Crippen LogP contribution in [0.25, 0.3) is 0 Å². The molecule has 1 aromatic carbocycles. The molecule has 4 rings (SSSR count). The molecular formula is C26H33N3O6. The zero-order valence-corrected chi connectivity index (χ0v) is 20.5. The van der Waals surface area contributed by atoms with Crippen LogP contribution >= 0.6 is 0 Å². The van der Waals surface area contributed by atoms with Gasteiger partial charge in [-0.3, -0.25) is 19.3 Å². The molecule has 0 saturated carbocycles. The molecule has 1 unspecified atom stereocenters. The molecule has 188 valence electrons. The molecule has 2 aliphatic rings. The second kappa shape index (κ2) is 10.5. The number of benzene rings is 1. The van der Waals surface area contributed by atoms with Crippen LogP contribution in [0.3, 0.4) is 0 Å². The number of likely N-dealkylation sites (tertiary alicyclic amines) is 1. The highest BCUT2D eigenvalue weighted by Gasteiger charge is 2.54. The predicted molar refractivity (Wildman–Crippen MR) is 127 cm³/mol. The lowest BCUT2D eigenvalue weighted by molar-refractivity contribution is -0.144. The van der Waals surface area contributed by atoms with Crippen molar-refractivity contribution in [3.8, 4) is 5.75 Å². The van der Waals surface area contributed by atoms with Gasteiger partial charge in [-0.2, -0.15) is 0 Å². The molecule has 1 atom stereocenters. The number of carbonyl (C=O) groups excluding carboxylic acids is 3. The summed E-state index contributed by atoms with van der Waals surface area (Å²) in [6.45, 7) is 5.27. The van der Waals surface area contributed by atoms with Gasteiger partial charge in [0.25, 0.3) is 5.91 Å². The van der Waals surface area contributed by atoms with Crippen LogP contribution in [0.1, 0.15) is 49.2 Å². The Kier molecular flexibility index (Phi) is 7.45. The molecule has 2 aromatic rings. The number of hydrogen-bond acceptors (Lipinski definition) is 6. The van der Waals surface area contributed by atoms with E-state index < -0.39 is 11.8 Å². The van der Waals surface area contributed by atoms with Crippen LogP contribution in [0, 0.1) is 5.92 Å². The van der Waals surface area contributed by atoms with Crippen molar-refractivity contribution >= 4 is 17.7 Å². The van der Waals surface area contributed by atoms with Gasteiger partial charge in [0, 0.05) is 37.9 Å². The predicted octanol–water partition coefficient (Wildman–Crippen LogP) is 2.81. The van der Waals surface area contributed by atoms with Crippen LogP contribution in [0.15, 0.2) is 47.1 Å². The largest absolute Gasteiger partial charge is 0.497 e. The molecule has 9 heteroatoms. The molecule has 0 radical (unpaired) electrons. The monoisotopic (exact) mass is 483 g/mol. The average Bonchev–Trinajstić information content (AvgIpc) is 3.50. The fourth-order valence-electron chi connectivity index (χ4n) is 4.75. The van der Waals surface area contributed by atoms with Gasteiger partial charge in [0.1, 0.15) is 23.3 Å². The standard InChI is InChI=1S/C26H33N3O6/c1-18(2)14-23(30)28-11-9-26(10-12-28)29(25(32)19-6-4-7-20(15-19)33-3)22(17-35-26)24(31)27-16-21-8-5-13-34-21/h4-8,13,15,18,22H,9-12,14,16-17H2,1-3H3,(H,27,31). The Bertz CT molecular complexity index is 1040. The molecule has 0 bridgehead atoms. The summed E-state index contributed by atoms with van der Waals surface area (Å²) in [5, 5.41) is 2.86. The van der Waals surface area contributed by atoms with E-state index in [-0.39, 0.29) is 36.8 Å². The molecule has 35 heavy (non-hydrogen) atoms. The third-order valence-corrected chi connectivity index (χ3v) is 6.60. The first kappa shape index (κ1) is 24.8. The number of nitrogens with zero attached hydrogens (tertiary/aromatic N) is 2. The first-order valence-electron chi connectivity index (χ1n) is 12.0. The van der Waals surface area contributed by atoms with E-state index in [1.807, 2.05) is 18.7 Å². The summed E-state index contributed by atoms with van der Waals surface area (Å²) >= 11 is 0. The number of amides is 3. The summed E-state index contributed by atoms with van der Waals surface area (Å²) in [4.78, 5) is 43.0. The number of furan rings is 1. The van der Waals surface area contributed by atoms with Crippen LogP contribution < -0.4 is 10.1 Å².